The maximum atomic E-state index is 13.4. The van der Waals surface area contributed by atoms with Crippen LogP contribution in [0.1, 0.15) is 10.4 Å². The molecule has 0 saturated heterocycles. The number of anilines is 1. The van der Waals surface area contributed by atoms with E-state index in [2.05, 4.69) is 5.32 Å². The minimum absolute atomic E-state index is 0.118. The molecular weight excluding hydrogens is 270 g/mol. The van der Waals surface area contributed by atoms with E-state index in [1.54, 1.807) is 0 Å². The fourth-order valence-electron chi connectivity index (χ4n) is 1.57. The van der Waals surface area contributed by atoms with Gasteiger partial charge in [0.1, 0.15) is 0 Å². The number of amides is 1. The first-order valence-electron chi connectivity index (χ1n) is 5.49. The van der Waals surface area contributed by atoms with Crippen molar-refractivity contribution >= 4 is 17.3 Å². The van der Waals surface area contributed by atoms with Gasteiger partial charge in [0.15, 0.2) is 11.6 Å². The summed E-state index contributed by atoms with van der Waals surface area (Å²) in [4.78, 5) is 21.7. The number of nitro groups is 1. The van der Waals surface area contributed by atoms with E-state index >= 15 is 0 Å². The van der Waals surface area contributed by atoms with Gasteiger partial charge in [0.2, 0.25) is 0 Å². The molecule has 0 aliphatic heterocycles. The van der Waals surface area contributed by atoms with E-state index in [-0.39, 0.29) is 11.4 Å². The highest BCUT2D eigenvalue weighted by molar-refractivity contribution is 6.04. The highest BCUT2D eigenvalue weighted by Gasteiger charge is 2.16. The third-order valence-corrected chi connectivity index (χ3v) is 2.51. The molecule has 2 rings (SSSR count). The van der Waals surface area contributed by atoms with Crippen LogP contribution in [0.5, 0.6) is 0 Å². The molecule has 2 aromatic carbocycles. The summed E-state index contributed by atoms with van der Waals surface area (Å²) in [5, 5.41) is 12.9. The van der Waals surface area contributed by atoms with Crippen molar-refractivity contribution in [3.05, 3.63) is 69.8 Å². The highest BCUT2D eigenvalue weighted by Crippen LogP contribution is 2.19. The zero-order valence-electron chi connectivity index (χ0n) is 9.97. The van der Waals surface area contributed by atoms with Gasteiger partial charge in [-0.2, -0.15) is 0 Å². The fraction of sp³-hybridized carbons (Fsp3) is 0. The van der Waals surface area contributed by atoms with E-state index in [4.69, 9.17) is 0 Å². The van der Waals surface area contributed by atoms with Crippen molar-refractivity contribution in [2.45, 2.75) is 0 Å². The van der Waals surface area contributed by atoms with E-state index in [1.807, 2.05) is 0 Å². The molecule has 0 heterocycles. The quantitative estimate of drug-likeness (QED) is 0.692. The van der Waals surface area contributed by atoms with E-state index in [0.29, 0.717) is 0 Å². The number of benzene rings is 2. The first kappa shape index (κ1) is 13.6. The Balaban J connectivity index is 2.26. The van der Waals surface area contributed by atoms with E-state index in [0.717, 1.165) is 18.2 Å². The van der Waals surface area contributed by atoms with Gasteiger partial charge in [-0.05, 0) is 18.2 Å². The molecule has 0 aliphatic rings. The van der Waals surface area contributed by atoms with Crippen LogP contribution in [0.15, 0.2) is 42.5 Å². The number of nitrogens with one attached hydrogen (secondary N) is 1. The summed E-state index contributed by atoms with van der Waals surface area (Å²) in [5.74, 6) is -3.30. The second-order valence-electron chi connectivity index (χ2n) is 3.86. The zero-order valence-corrected chi connectivity index (χ0v) is 9.97. The first-order chi connectivity index (χ1) is 9.49. The van der Waals surface area contributed by atoms with Gasteiger partial charge in [-0.25, -0.2) is 8.78 Å². The van der Waals surface area contributed by atoms with Gasteiger partial charge in [-0.3, -0.25) is 14.9 Å². The second kappa shape index (κ2) is 5.43. The zero-order chi connectivity index (χ0) is 14.7. The fourth-order valence-corrected chi connectivity index (χ4v) is 1.57. The van der Waals surface area contributed by atoms with E-state index < -0.39 is 28.0 Å². The number of carbonyl (C=O) groups is 1. The molecule has 0 saturated carbocycles. The van der Waals surface area contributed by atoms with E-state index in [1.165, 1.54) is 24.3 Å². The molecule has 0 atom stereocenters. The van der Waals surface area contributed by atoms with Crippen LogP contribution in [0.25, 0.3) is 0 Å². The Labute approximate surface area is 112 Å². The standard InChI is InChI=1S/C13H8F2N2O3/c14-11-6-2-5-10(12(11)15)13(18)16-8-3-1-4-9(7-8)17(19)20/h1-7H,(H,16,18). The Hall–Kier alpha value is -2.83. The number of carbonyl (C=O) groups excluding carboxylic acids is 1. The molecule has 0 fully saturated rings. The van der Waals surface area contributed by atoms with Gasteiger partial charge in [-0.1, -0.05) is 12.1 Å². The molecule has 102 valence electrons. The molecule has 0 spiro atoms. The van der Waals surface area contributed by atoms with E-state index in [9.17, 15) is 23.7 Å². The minimum Gasteiger partial charge on any atom is -0.322 e. The molecule has 1 N–H and O–H groups in total. The van der Waals surface area contributed by atoms with Crippen LogP contribution in [0.3, 0.4) is 0 Å². The molecule has 20 heavy (non-hydrogen) atoms. The van der Waals surface area contributed by atoms with Gasteiger partial charge in [-0.15, -0.1) is 0 Å². The van der Waals surface area contributed by atoms with Gasteiger partial charge in [0.25, 0.3) is 11.6 Å². The molecule has 2 aromatic rings. The average Bonchev–Trinajstić information content (AvgIpc) is 2.42. The number of hydrogen-bond acceptors (Lipinski definition) is 3. The van der Waals surface area contributed by atoms with Crippen LogP contribution in [0.2, 0.25) is 0 Å². The lowest BCUT2D eigenvalue weighted by atomic mass is 10.2. The summed E-state index contributed by atoms with van der Waals surface area (Å²) in [6, 6.07) is 8.34. The molecule has 1 amide bonds. The summed E-state index contributed by atoms with van der Waals surface area (Å²) in [7, 11) is 0. The molecule has 7 heteroatoms. The Bertz CT molecular complexity index is 689. The highest BCUT2D eigenvalue weighted by atomic mass is 19.2. The molecule has 0 radical (unpaired) electrons. The summed E-state index contributed by atoms with van der Waals surface area (Å²) >= 11 is 0. The average molecular weight is 278 g/mol. The Morgan fingerprint density at radius 1 is 1.15 bits per heavy atom. The minimum atomic E-state index is -1.27. The van der Waals surface area contributed by atoms with Gasteiger partial charge >= 0.3 is 0 Å². The van der Waals surface area contributed by atoms with Gasteiger partial charge < -0.3 is 5.32 Å². The molecule has 0 bridgehead atoms. The third kappa shape index (κ3) is 2.77. The predicted molar refractivity (Wildman–Crippen MR) is 67.4 cm³/mol. The largest absolute Gasteiger partial charge is 0.322 e. The summed E-state index contributed by atoms with van der Waals surface area (Å²) in [6.45, 7) is 0. The molecule has 5 nitrogen and oxygen atoms in total. The molecule has 0 unspecified atom stereocenters. The number of halogens is 2. The number of non-ortho nitro benzene ring substituents is 1. The van der Waals surface area contributed by atoms with Crippen molar-refractivity contribution in [2.75, 3.05) is 5.32 Å². The lowest BCUT2D eigenvalue weighted by Crippen LogP contribution is -2.14. The first-order valence-corrected chi connectivity index (χ1v) is 5.49. The number of rotatable bonds is 3. The predicted octanol–water partition coefficient (Wildman–Crippen LogP) is 3.13. The Morgan fingerprint density at radius 3 is 2.55 bits per heavy atom. The van der Waals surface area contributed by atoms with Crippen molar-refractivity contribution in [3.63, 3.8) is 0 Å². The van der Waals surface area contributed by atoms with Crippen LogP contribution in [0.4, 0.5) is 20.2 Å². The van der Waals surface area contributed by atoms with Crippen molar-refractivity contribution < 1.29 is 18.5 Å². The summed E-state index contributed by atoms with van der Waals surface area (Å²) in [5.41, 5.74) is -0.577. The normalized spacial score (nSPS) is 10.1. The Kier molecular flexibility index (Phi) is 3.69. The Morgan fingerprint density at radius 2 is 1.85 bits per heavy atom. The maximum absolute atomic E-state index is 13.4. The van der Waals surface area contributed by atoms with Crippen LogP contribution in [-0.2, 0) is 0 Å². The van der Waals surface area contributed by atoms with Crippen molar-refractivity contribution in [2.24, 2.45) is 0 Å². The molecule has 0 aromatic heterocycles. The maximum Gasteiger partial charge on any atom is 0.271 e. The summed E-state index contributed by atoms with van der Waals surface area (Å²) < 4.78 is 26.4. The topological polar surface area (TPSA) is 72.2 Å². The number of nitro benzene ring substituents is 1. The second-order valence-corrected chi connectivity index (χ2v) is 3.86. The van der Waals surface area contributed by atoms with Crippen molar-refractivity contribution in [1.82, 2.24) is 0 Å². The van der Waals surface area contributed by atoms with Crippen molar-refractivity contribution in [3.8, 4) is 0 Å². The van der Waals surface area contributed by atoms with Crippen LogP contribution in [0, 0.1) is 21.7 Å². The number of hydrogen-bond donors (Lipinski definition) is 1. The summed E-state index contributed by atoms with van der Waals surface area (Å²) in [6.07, 6.45) is 0. The van der Waals surface area contributed by atoms with Crippen LogP contribution < -0.4 is 5.32 Å². The lowest BCUT2D eigenvalue weighted by Gasteiger charge is -2.06. The number of nitrogens with zero attached hydrogens (tertiary/aromatic N) is 1. The van der Waals surface area contributed by atoms with Crippen LogP contribution >= 0.6 is 0 Å². The monoisotopic (exact) mass is 278 g/mol. The third-order valence-electron chi connectivity index (χ3n) is 2.51. The molecule has 0 aliphatic carbocycles. The lowest BCUT2D eigenvalue weighted by molar-refractivity contribution is -0.384. The van der Waals surface area contributed by atoms with Crippen LogP contribution in [-0.4, -0.2) is 10.8 Å². The smallest absolute Gasteiger partial charge is 0.271 e. The SMILES string of the molecule is O=C(Nc1cccc([N+](=O)[O-])c1)c1cccc(F)c1F. The van der Waals surface area contributed by atoms with Gasteiger partial charge in [0.05, 0.1) is 10.5 Å². The van der Waals surface area contributed by atoms with Gasteiger partial charge in [0, 0.05) is 17.8 Å². The molecular formula is C13H8F2N2O3. The van der Waals surface area contributed by atoms with Crippen molar-refractivity contribution in [1.29, 1.82) is 0 Å².